The maximum atomic E-state index is 15.1. The van der Waals surface area contributed by atoms with E-state index in [-0.39, 0.29) is 0 Å². The molecule has 0 fully saturated rings. The lowest BCUT2D eigenvalue weighted by Gasteiger charge is -2.24. The molecule has 1 aromatic heterocycles. The van der Waals surface area contributed by atoms with E-state index in [1.165, 1.54) is 0 Å². The van der Waals surface area contributed by atoms with Crippen molar-refractivity contribution in [2.24, 2.45) is 0 Å². The Kier molecular flexibility index (Phi) is 5.70. The van der Waals surface area contributed by atoms with Gasteiger partial charge in [0.25, 0.3) is 0 Å². The van der Waals surface area contributed by atoms with Gasteiger partial charge < -0.3 is 14.0 Å². The van der Waals surface area contributed by atoms with Gasteiger partial charge in [0.05, 0.1) is 5.69 Å². The summed E-state index contributed by atoms with van der Waals surface area (Å²) in [5, 5.41) is 5.46. The van der Waals surface area contributed by atoms with E-state index in [1.807, 2.05) is 133 Å². The molecule has 0 aliphatic carbocycles. The number of aromatic nitrogens is 1. The van der Waals surface area contributed by atoms with Gasteiger partial charge in [-0.2, -0.15) is 0 Å². The van der Waals surface area contributed by atoms with Gasteiger partial charge in [-0.05, 0) is 35.0 Å². The third-order valence-electron chi connectivity index (χ3n) is 7.80. The van der Waals surface area contributed by atoms with Gasteiger partial charge >= 0.3 is 0 Å². The Morgan fingerprint density at radius 3 is 1.83 bits per heavy atom. The van der Waals surface area contributed by atoms with Gasteiger partial charge in [-0.3, -0.25) is 0 Å². The van der Waals surface area contributed by atoms with E-state index < -0.39 is 7.14 Å². The van der Waals surface area contributed by atoms with Gasteiger partial charge in [0, 0.05) is 26.9 Å². The predicted octanol–water partition coefficient (Wildman–Crippen LogP) is 8.59. The van der Waals surface area contributed by atoms with Crippen molar-refractivity contribution in [3.63, 3.8) is 0 Å². The van der Waals surface area contributed by atoms with Gasteiger partial charge in [-0.15, -0.1) is 0 Å². The second kappa shape index (κ2) is 9.73. The second-order valence-corrected chi connectivity index (χ2v) is 13.0. The van der Waals surface area contributed by atoms with Crippen LogP contribution in [0.4, 0.5) is 0 Å². The molecule has 4 nitrogen and oxygen atoms in total. The lowest BCUT2D eigenvalue weighted by atomic mass is 9.99. The summed E-state index contributed by atoms with van der Waals surface area (Å²) in [6.07, 6.45) is 0. The molecule has 0 saturated heterocycles. The number of nitrogens with zero attached hydrogens (tertiary/aromatic N) is 1. The molecule has 0 amide bonds. The number of fused-ring (bicyclic) bond motifs is 6. The van der Waals surface area contributed by atoms with Crippen LogP contribution in [-0.4, -0.2) is 4.98 Å². The normalized spacial score (nSPS) is 12.3. The van der Waals surface area contributed by atoms with Crippen LogP contribution < -0.4 is 25.5 Å². The highest BCUT2D eigenvalue weighted by molar-refractivity contribution is 7.85. The predicted molar refractivity (Wildman–Crippen MR) is 171 cm³/mol. The Bertz CT molecular complexity index is 2130. The molecule has 0 bridgehead atoms. The fourth-order valence-corrected chi connectivity index (χ4v) is 8.34. The largest absolute Gasteiger partial charge is 0.449 e. The monoisotopic (exact) mass is 561 g/mol. The second-order valence-electron chi connectivity index (χ2n) is 10.3. The fourth-order valence-electron chi connectivity index (χ4n) is 5.78. The van der Waals surface area contributed by atoms with Crippen LogP contribution in [-0.2, 0) is 4.57 Å². The lowest BCUT2D eigenvalue weighted by Crippen LogP contribution is -2.27. The molecular formula is C37H24NO3P. The van der Waals surface area contributed by atoms with E-state index in [2.05, 4.69) is 12.1 Å². The smallest absolute Gasteiger partial charge is 0.188 e. The molecule has 5 heteroatoms. The van der Waals surface area contributed by atoms with Crippen LogP contribution in [0, 0.1) is 0 Å². The van der Waals surface area contributed by atoms with Crippen molar-refractivity contribution >= 4 is 44.7 Å². The maximum Gasteiger partial charge on any atom is 0.188 e. The summed E-state index contributed by atoms with van der Waals surface area (Å²) in [6, 6.07) is 47.2. The Morgan fingerprint density at radius 2 is 1.10 bits per heavy atom. The van der Waals surface area contributed by atoms with Crippen LogP contribution in [0.2, 0.25) is 0 Å². The standard InChI is InChI=1S/C37H24NO3P/c39-42(26-13-3-1-4-14-26,27-15-5-2-6-16-27)35-21-11-20-32(38-35)31-24-34-37(30-19-10-9-18-29(30)31)40-33-23-22-25-12-7-8-17-28(25)36(33)41-34/h1-24H. The summed E-state index contributed by atoms with van der Waals surface area (Å²) in [7, 11) is -3.25. The Balaban J connectivity index is 1.32. The fraction of sp³-hybridized carbons (Fsp3) is 0. The number of benzene rings is 6. The molecule has 200 valence electrons. The topological polar surface area (TPSA) is 48.4 Å². The van der Waals surface area contributed by atoms with Crippen molar-refractivity contribution in [3.05, 3.63) is 146 Å². The molecule has 42 heavy (non-hydrogen) atoms. The first-order chi connectivity index (χ1) is 20.7. The summed E-state index contributed by atoms with van der Waals surface area (Å²) in [4.78, 5) is 5.10. The molecule has 0 radical (unpaired) electrons. The molecule has 2 heterocycles. The molecule has 0 saturated carbocycles. The van der Waals surface area contributed by atoms with Crippen molar-refractivity contribution in [1.82, 2.24) is 4.98 Å². The first-order valence-electron chi connectivity index (χ1n) is 13.8. The number of rotatable bonds is 4. The average molecular weight is 562 g/mol. The minimum absolute atomic E-state index is 0.535. The number of hydrogen-bond donors (Lipinski definition) is 0. The summed E-state index contributed by atoms with van der Waals surface area (Å²) >= 11 is 0. The number of ether oxygens (including phenoxy) is 2. The molecule has 1 aliphatic rings. The minimum atomic E-state index is -3.25. The van der Waals surface area contributed by atoms with Crippen molar-refractivity contribution in [2.45, 2.75) is 0 Å². The SMILES string of the molecule is O=P(c1ccccc1)(c1ccccc1)c1cccc(-c2cc3c(c4ccccc24)Oc2ccc4ccccc4c2O3)n1. The third-order valence-corrected chi connectivity index (χ3v) is 10.7. The van der Waals surface area contributed by atoms with Gasteiger partial charge in [-0.25, -0.2) is 4.98 Å². The molecule has 1 aliphatic heterocycles. The zero-order chi connectivity index (χ0) is 28.1. The van der Waals surface area contributed by atoms with E-state index >= 15 is 4.57 Å². The average Bonchev–Trinajstić information content (AvgIpc) is 3.07. The number of hydrogen-bond acceptors (Lipinski definition) is 4. The van der Waals surface area contributed by atoms with E-state index in [0.717, 1.165) is 37.7 Å². The van der Waals surface area contributed by atoms with E-state index in [9.17, 15) is 0 Å². The van der Waals surface area contributed by atoms with Gasteiger partial charge in [0.2, 0.25) is 0 Å². The quantitative estimate of drug-likeness (QED) is 0.202. The molecule has 0 spiro atoms. The van der Waals surface area contributed by atoms with Crippen molar-refractivity contribution < 1.29 is 14.0 Å². The van der Waals surface area contributed by atoms with Crippen LogP contribution in [0.3, 0.4) is 0 Å². The molecule has 0 unspecified atom stereocenters. The van der Waals surface area contributed by atoms with E-state index in [0.29, 0.717) is 34.1 Å². The Morgan fingerprint density at radius 1 is 0.500 bits per heavy atom. The first kappa shape index (κ1) is 24.6. The zero-order valence-electron chi connectivity index (χ0n) is 22.5. The minimum Gasteiger partial charge on any atom is -0.449 e. The van der Waals surface area contributed by atoms with Gasteiger partial charge in [0.1, 0.15) is 5.44 Å². The molecule has 0 atom stereocenters. The third kappa shape index (κ3) is 3.84. The molecule has 7 aromatic rings. The summed E-state index contributed by atoms with van der Waals surface area (Å²) in [5.74, 6) is 2.67. The molecular weight excluding hydrogens is 537 g/mol. The van der Waals surface area contributed by atoms with Crippen LogP contribution >= 0.6 is 7.14 Å². The first-order valence-corrected chi connectivity index (χ1v) is 15.5. The molecule has 0 N–H and O–H groups in total. The summed E-state index contributed by atoms with van der Waals surface area (Å²) < 4.78 is 28.1. The number of pyridine rings is 1. The lowest BCUT2D eigenvalue weighted by molar-refractivity contribution is 0.367. The molecule has 8 rings (SSSR count). The highest BCUT2D eigenvalue weighted by Crippen LogP contribution is 2.53. The van der Waals surface area contributed by atoms with Gasteiger partial charge in [-0.1, -0.05) is 121 Å². The zero-order valence-corrected chi connectivity index (χ0v) is 23.4. The van der Waals surface area contributed by atoms with Crippen LogP contribution in [0.15, 0.2) is 146 Å². The van der Waals surface area contributed by atoms with E-state index in [4.69, 9.17) is 14.5 Å². The summed E-state index contributed by atoms with van der Waals surface area (Å²) in [6.45, 7) is 0. The van der Waals surface area contributed by atoms with Crippen LogP contribution in [0.25, 0.3) is 32.8 Å². The van der Waals surface area contributed by atoms with Crippen molar-refractivity contribution in [1.29, 1.82) is 0 Å². The Hall–Kier alpha value is -5.18. The van der Waals surface area contributed by atoms with E-state index in [1.54, 1.807) is 0 Å². The summed E-state index contributed by atoms with van der Waals surface area (Å²) in [5.41, 5.74) is 2.13. The van der Waals surface area contributed by atoms with Crippen LogP contribution in [0.5, 0.6) is 23.0 Å². The van der Waals surface area contributed by atoms with Crippen LogP contribution in [0.1, 0.15) is 0 Å². The maximum absolute atomic E-state index is 15.1. The van der Waals surface area contributed by atoms with Gasteiger partial charge in [0.15, 0.2) is 30.1 Å². The van der Waals surface area contributed by atoms with Crippen molar-refractivity contribution in [3.8, 4) is 34.3 Å². The Labute approximate surface area is 243 Å². The highest BCUT2D eigenvalue weighted by atomic mass is 31.2. The highest BCUT2D eigenvalue weighted by Gasteiger charge is 2.32. The molecule has 6 aromatic carbocycles. The van der Waals surface area contributed by atoms with Crippen molar-refractivity contribution in [2.75, 3.05) is 0 Å².